The summed E-state index contributed by atoms with van der Waals surface area (Å²) < 4.78 is 321. The number of fused-ring (bicyclic) bond motifs is 4. The summed E-state index contributed by atoms with van der Waals surface area (Å²) in [6.07, 6.45) is 0. The average Bonchev–Trinajstić information content (AvgIpc) is 0.939. The molecule has 54 heavy (non-hydrogen) atoms. The van der Waals surface area contributed by atoms with Crippen molar-refractivity contribution >= 4 is 49.8 Å². The van der Waals surface area contributed by atoms with E-state index in [1.165, 1.54) is 0 Å². The predicted octanol–water partition coefficient (Wildman–Crippen LogP) is 14.9. The van der Waals surface area contributed by atoms with Crippen LogP contribution in [-0.2, 0) is 0 Å². The van der Waals surface area contributed by atoms with Crippen LogP contribution in [0.1, 0.15) is 48.0 Å². The number of hydrogen-bond acceptors (Lipinski definition) is 2. The number of rotatable bonds is 7. The lowest BCUT2D eigenvalue weighted by atomic mass is 9.95. The van der Waals surface area contributed by atoms with Crippen molar-refractivity contribution in [1.29, 1.82) is 0 Å². The zero-order valence-corrected chi connectivity index (χ0v) is 26.9. The average molecular weight is 725 g/mol. The van der Waals surface area contributed by atoms with Crippen LogP contribution in [0.3, 0.4) is 0 Å². The summed E-state index contributed by atoms with van der Waals surface area (Å²) >= 11 is 0. The maximum Gasteiger partial charge on any atom is 0.159 e. The predicted molar refractivity (Wildman–Crippen MR) is 228 cm³/mol. The molecule has 10 rings (SSSR count). The van der Waals surface area contributed by atoms with Crippen molar-refractivity contribution in [3.05, 3.63) is 211 Å². The van der Waals surface area contributed by atoms with Crippen LogP contribution in [0.25, 0.3) is 77.2 Å². The summed E-state index contributed by atoms with van der Waals surface area (Å²) in [6, 6.07) is -38.3. The Bertz CT molecular complexity index is 4860. The first-order valence-corrected chi connectivity index (χ1v) is 15.6. The van der Waals surface area contributed by atoms with Gasteiger partial charge in [0.2, 0.25) is 0 Å². The zero-order valence-electron chi connectivity index (χ0n) is 61.9. The smallest absolute Gasteiger partial charge is 0.159 e. The van der Waals surface area contributed by atoms with E-state index in [9.17, 15) is 16.4 Å². The second-order valence-electron chi connectivity index (χ2n) is 11.0. The molecule has 2 nitrogen and oxygen atoms in total. The first-order valence-electron chi connectivity index (χ1n) is 33.1. The second kappa shape index (κ2) is 13.4. The Balaban J connectivity index is 1.44. The fourth-order valence-electron chi connectivity index (χ4n) is 5.56. The summed E-state index contributed by atoms with van der Waals surface area (Å²) in [5.41, 5.74) is -12.9. The summed E-state index contributed by atoms with van der Waals surface area (Å²) in [4.78, 5) is 0.303. The van der Waals surface area contributed by atoms with Gasteiger partial charge in [-0.2, -0.15) is 0 Å². The maximum atomic E-state index is 9.85. The molecule has 0 aliphatic rings. The lowest BCUT2D eigenvalue weighted by Crippen LogP contribution is -2.10. The highest BCUT2D eigenvalue weighted by atomic mass is 16.3. The van der Waals surface area contributed by atoms with Crippen LogP contribution >= 0.6 is 0 Å². The van der Waals surface area contributed by atoms with E-state index in [1.807, 2.05) is 0 Å². The topological polar surface area (TPSA) is 16.4 Å². The van der Waals surface area contributed by atoms with Gasteiger partial charge in [0.15, 0.2) is 5.58 Å². The Labute approximate surface area is 364 Å². The molecule has 10 aromatic rings. The molecule has 9 aromatic carbocycles. The molecule has 1 heterocycles. The van der Waals surface area contributed by atoms with E-state index in [1.54, 1.807) is 0 Å². The minimum atomic E-state index is -1.40. The molecule has 2 heteroatoms. The fraction of sp³-hybridized carbons (Fsp3) is 0. The van der Waals surface area contributed by atoms with Crippen LogP contribution in [0.2, 0.25) is 0 Å². The van der Waals surface area contributed by atoms with E-state index in [4.69, 9.17) is 35.9 Å². The van der Waals surface area contributed by atoms with E-state index in [0.717, 1.165) is 0 Å². The van der Waals surface area contributed by atoms with E-state index in [0.29, 0.717) is 4.90 Å². The first kappa shape index (κ1) is 11.9. The number of para-hydroxylation sites is 2. The zero-order chi connectivity index (χ0) is 66.3. The number of furan rings is 1. The molecule has 0 saturated carbocycles. The molecular formula is C52H35NO. The largest absolute Gasteiger partial charge is 0.453 e. The molecule has 0 unspecified atom stereocenters. The van der Waals surface area contributed by atoms with Crippen LogP contribution < -0.4 is 4.90 Å². The van der Waals surface area contributed by atoms with Gasteiger partial charge >= 0.3 is 0 Å². The first-order chi connectivity index (χ1) is 41.4. The van der Waals surface area contributed by atoms with Gasteiger partial charge in [-0.25, -0.2) is 0 Å². The summed E-state index contributed by atoms with van der Waals surface area (Å²) in [6.45, 7) is 0. The molecule has 1 aromatic heterocycles. The van der Waals surface area contributed by atoms with E-state index in [2.05, 4.69) is 0 Å². The summed E-state index contributed by atoms with van der Waals surface area (Å²) in [5, 5.41) is -3.09. The highest BCUT2D eigenvalue weighted by molar-refractivity contribution is 6.13. The van der Waals surface area contributed by atoms with Gasteiger partial charge in [0.25, 0.3) is 0 Å². The summed E-state index contributed by atoms with van der Waals surface area (Å²) in [5.74, 6) is 0. The monoisotopic (exact) mass is 724 g/mol. The molecule has 0 atom stereocenters. The molecule has 0 radical (unpaired) electrons. The Kier molecular flexibility index (Phi) is 2.97. The van der Waals surface area contributed by atoms with Crippen molar-refractivity contribution in [2.75, 3.05) is 4.90 Å². The van der Waals surface area contributed by atoms with Gasteiger partial charge in [-0.15, -0.1) is 0 Å². The number of hydrogen-bond donors (Lipinski definition) is 0. The SMILES string of the molecule is [2H]c1c([2H])c([2H])c(-c2c([2H])c([2H])c([2H])c(N(c3c([2H])c([2H])c(-c4c([2H])c([2H])c5c([2H])c([2H])c([2H])c(-c6c([2H])c([2H])c([2H])c([2H])c6[2H])c5c4[2H])c([2H])c3[2H])c3c([2H])c([2H])c([2H])c4c3oc3c(-c5c([2H])c([2H])c([2H])c([2H])c5[2H])c([2H])c([2H])c([2H])c34)c2[2H])c([2H])c1[2H]. The van der Waals surface area contributed by atoms with Crippen LogP contribution in [0, 0.1) is 0 Å². The van der Waals surface area contributed by atoms with Crippen LogP contribution in [0.15, 0.2) is 216 Å². The van der Waals surface area contributed by atoms with E-state index in [-0.39, 0.29) is 0 Å². The Morgan fingerprint density at radius 2 is 0.870 bits per heavy atom. The molecule has 0 amide bonds. The Morgan fingerprint density at radius 3 is 1.61 bits per heavy atom. The van der Waals surface area contributed by atoms with Gasteiger partial charge in [0.1, 0.15) is 5.58 Å². The fourth-order valence-corrected chi connectivity index (χ4v) is 5.56. The third kappa shape index (κ3) is 5.62. The van der Waals surface area contributed by atoms with Crippen LogP contribution in [-0.4, -0.2) is 0 Å². The normalized spacial score (nSPS) is 20.4. The van der Waals surface area contributed by atoms with Crippen molar-refractivity contribution in [1.82, 2.24) is 0 Å². The maximum absolute atomic E-state index is 9.85. The van der Waals surface area contributed by atoms with Crippen molar-refractivity contribution in [2.45, 2.75) is 0 Å². The van der Waals surface area contributed by atoms with Gasteiger partial charge < -0.3 is 9.32 Å². The van der Waals surface area contributed by atoms with Gasteiger partial charge in [0.05, 0.1) is 53.7 Å². The van der Waals surface area contributed by atoms with Crippen LogP contribution in [0.4, 0.5) is 17.1 Å². The van der Waals surface area contributed by atoms with Crippen molar-refractivity contribution in [3.8, 4) is 44.5 Å². The number of anilines is 3. The molecule has 0 aliphatic carbocycles. The van der Waals surface area contributed by atoms with E-state index >= 15 is 0 Å². The van der Waals surface area contributed by atoms with Crippen LogP contribution in [0.5, 0.6) is 0 Å². The quantitative estimate of drug-likeness (QED) is 0.163. The third-order valence-electron chi connectivity index (χ3n) is 7.93. The Hall–Kier alpha value is -7.16. The Morgan fingerprint density at radius 1 is 0.333 bits per heavy atom. The third-order valence-corrected chi connectivity index (χ3v) is 7.93. The van der Waals surface area contributed by atoms with Gasteiger partial charge in [-0.3, -0.25) is 0 Å². The standard InChI is InChI=1S/C52H35NO/c1-4-14-36(15-5-1)41-21-10-22-44(34-41)53(50-27-13-26-48-47-25-12-24-46(51(47)54-52(48)50)39-18-8-3-9-19-39)43-32-30-37(31-33-43)42-29-28-40-20-11-23-45(49(40)35-42)38-16-6-2-7-17-38/h1-35H/i1D,2D,3D,4D,5D,6D,7D,8D,9D,10D,11D,12D,13D,14D,15D,16D,17D,18D,19D,20D,21D,22D,23D,24D,25D,26D,27D,28D,29D,30D,31D,32D,33D,34D,35D. The molecule has 0 saturated heterocycles. The number of benzene rings is 9. The lowest BCUT2D eigenvalue weighted by molar-refractivity contribution is 0.670. The second-order valence-corrected chi connectivity index (χ2v) is 11.0. The molecule has 254 valence electrons. The van der Waals surface area contributed by atoms with Gasteiger partial charge in [-0.05, 0) is 86.0 Å². The molecule has 0 spiro atoms. The van der Waals surface area contributed by atoms with Crippen molar-refractivity contribution in [3.63, 3.8) is 0 Å². The van der Waals surface area contributed by atoms with Gasteiger partial charge in [-0.1, -0.05) is 175 Å². The highest BCUT2D eigenvalue weighted by Gasteiger charge is 2.21. The van der Waals surface area contributed by atoms with E-state index < -0.39 is 306 Å². The minimum absolute atomic E-state index is 0.303. The molecule has 0 bridgehead atoms. The van der Waals surface area contributed by atoms with Crippen molar-refractivity contribution < 1.29 is 52.4 Å². The molecule has 0 fully saturated rings. The molecule has 0 N–H and O–H groups in total. The van der Waals surface area contributed by atoms with Crippen molar-refractivity contribution in [2.24, 2.45) is 0 Å². The molecule has 0 aliphatic heterocycles. The number of nitrogens with zero attached hydrogens (tertiary/aromatic N) is 1. The lowest BCUT2D eigenvalue weighted by Gasteiger charge is -2.26. The highest BCUT2D eigenvalue weighted by Crippen LogP contribution is 2.45. The van der Waals surface area contributed by atoms with Gasteiger partial charge in [0, 0.05) is 27.7 Å². The summed E-state index contributed by atoms with van der Waals surface area (Å²) in [7, 11) is 0. The molecular weight excluding hydrogens is 655 g/mol. The minimum Gasteiger partial charge on any atom is -0.453 e.